The molecule has 1 aromatic rings. The molecular formula is C14H19N3O4. The zero-order chi connectivity index (χ0) is 15.2. The van der Waals surface area contributed by atoms with Gasteiger partial charge in [0.15, 0.2) is 0 Å². The predicted octanol–water partition coefficient (Wildman–Crippen LogP) is 2.17. The molecule has 1 aliphatic heterocycles. The topological polar surface area (TPSA) is 84.7 Å². The molecule has 1 aromatic carbocycles. The first-order chi connectivity index (χ1) is 10.1. The van der Waals surface area contributed by atoms with Gasteiger partial charge in [0, 0.05) is 31.6 Å². The summed E-state index contributed by atoms with van der Waals surface area (Å²) in [7, 11) is 0. The summed E-state index contributed by atoms with van der Waals surface area (Å²) >= 11 is 0. The van der Waals surface area contributed by atoms with Gasteiger partial charge < -0.3 is 15.0 Å². The molecule has 1 N–H and O–H groups in total. The Morgan fingerprint density at radius 3 is 2.76 bits per heavy atom. The van der Waals surface area contributed by atoms with E-state index >= 15 is 0 Å². The minimum Gasteiger partial charge on any atom is -0.378 e. The number of anilines is 2. The smallest absolute Gasteiger partial charge is 0.271 e. The standard InChI is InChI=1S/C14H19N3O4/c1-2-3-14(18)15-12-10-11(17(19)20)4-5-13(12)16-6-8-21-9-7-16/h4-5,10H,2-3,6-9H2,1H3,(H,15,18). The molecule has 0 bridgehead atoms. The van der Waals surface area contributed by atoms with E-state index < -0.39 is 4.92 Å². The molecule has 21 heavy (non-hydrogen) atoms. The highest BCUT2D eigenvalue weighted by molar-refractivity contribution is 5.95. The number of hydrogen-bond donors (Lipinski definition) is 1. The van der Waals surface area contributed by atoms with Crippen molar-refractivity contribution in [2.75, 3.05) is 36.5 Å². The summed E-state index contributed by atoms with van der Waals surface area (Å²) in [6, 6.07) is 4.56. The molecule has 0 spiro atoms. The highest BCUT2D eigenvalue weighted by Crippen LogP contribution is 2.31. The van der Waals surface area contributed by atoms with Gasteiger partial charge in [-0.3, -0.25) is 14.9 Å². The van der Waals surface area contributed by atoms with E-state index in [-0.39, 0.29) is 11.6 Å². The van der Waals surface area contributed by atoms with Crippen LogP contribution >= 0.6 is 0 Å². The molecule has 1 heterocycles. The molecule has 1 saturated heterocycles. The van der Waals surface area contributed by atoms with Crippen molar-refractivity contribution >= 4 is 23.0 Å². The third kappa shape index (κ3) is 3.91. The second kappa shape index (κ2) is 7.03. The van der Waals surface area contributed by atoms with Crippen molar-refractivity contribution in [1.82, 2.24) is 0 Å². The predicted molar refractivity (Wildman–Crippen MR) is 79.7 cm³/mol. The molecule has 0 saturated carbocycles. The Hall–Kier alpha value is -2.15. The normalized spacial score (nSPS) is 14.8. The molecule has 0 aliphatic carbocycles. The van der Waals surface area contributed by atoms with Crippen LogP contribution in [0.25, 0.3) is 0 Å². The Bertz CT molecular complexity index is 527. The van der Waals surface area contributed by atoms with Gasteiger partial charge in [-0.2, -0.15) is 0 Å². The quantitative estimate of drug-likeness (QED) is 0.664. The van der Waals surface area contributed by atoms with Crippen LogP contribution in [0.1, 0.15) is 19.8 Å². The monoisotopic (exact) mass is 293 g/mol. The second-order valence-electron chi connectivity index (χ2n) is 4.86. The van der Waals surface area contributed by atoms with Crippen LogP contribution in [0.3, 0.4) is 0 Å². The lowest BCUT2D eigenvalue weighted by atomic mass is 10.2. The van der Waals surface area contributed by atoms with E-state index in [2.05, 4.69) is 10.2 Å². The maximum Gasteiger partial charge on any atom is 0.271 e. The summed E-state index contributed by atoms with van der Waals surface area (Å²) in [6.07, 6.45) is 1.12. The number of non-ortho nitro benzene ring substituents is 1. The summed E-state index contributed by atoms with van der Waals surface area (Å²) in [6.45, 7) is 4.54. The van der Waals surface area contributed by atoms with Gasteiger partial charge in [-0.15, -0.1) is 0 Å². The molecule has 114 valence electrons. The number of morpholine rings is 1. The molecule has 1 aliphatic rings. The average Bonchev–Trinajstić information content (AvgIpc) is 2.48. The molecule has 0 unspecified atom stereocenters. The van der Waals surface area contributed by atoms with Crippen LogP contribution < -0.4 is 10.2 Å². The number of nitro benzene ring substituents is 1. The molecule has 1 amide bonds. The summed E-state index contributed by atoms with van der Waals surface area (Å²) < 4.78 is 5.31. The number of carbonyl (C=O) groups is 1. The van der Waals surface area contributed by atoms with Gasteiger partial charge in [-0.1, -0.05) is 6.92 Å². The fraction of sp³-hybridized carbons (Fsp3) is 0.500. The second-order valence-corrected chi connectivity index (χ2v) is 4.86. The van der Waals surface area contributed by atoms with Gasteiger partial charge in [-0.05, 0) is 12.5 Å². The zero-order valence-corrected chi connectivity index (χ0v) is 12.0. The first-order valence-electron chi connectivity index (χ1n) is 7.02. The maximum absolute atomic E-state index is 11.8. The number of nitrogens with zero attached hydrogens (tertiary/aromatic N) is 2. The van der Waals surface area contributed by atoms with Crippen molar-refractivity contribution in [2.45, 2.75) is 19.8 Å². The first kappa shape index (κ1) is 15.2. The lowest BCUT2D eigenvalue weighted by Gasteiger charge is -2.30. The Balaban J connectivity index is 2.28. The van der Waals surface area contributed by atoms with Gasteiger partial charge in [-0.25, -0.2) is 0 Å². The Morgan fingerprint density at radius 1 is 1.43 bits per heavy atom. The number of rotatable bonds is 5. The molecule has 2 rings (SSSR count). The van der Waals surface area contributed by atoms with Gasteiger partial charge in [0.1, 0.15) is 0 Å². The van der Waals surface area contributed by atoms with Crippen LogP contribution in [0.5, 0.6) is 0 Å². The molecule has 0 atom stereocenters. The highest BCUT2D eigenvalue weighted by atomic mass is 16.6. The molecule has 0 radical (unpaired) electrons. The van der Waals surface area contributed by atoms with Crippen molar-refractivity contribution in [3.05, 3.63) is 28.3 Å². The first-order valence-corrected chi connectivity index (χ1v) is 7.02. The van der Waals surface area contributed by atoms with Gasteiger partial charge in [0.05, 0.1) is 29.5 Å². The molecule has 7 nitrogen and oxygen atoms in total. The van der Waals surface area contributed by atoms with Crippen molar-refractivity contribution in [1.29, 1.82) is 0 Å². The van der Waals surface area contributed by atoms with Crippen LogP contribution in [0.4, 0.5) is 17.1 Å². The number of amides is 1. The van der Waals surface area contributed by atoms with Crippen LogP contribution in [0.2, 0.25) is 0 Å². The minimum absolute atomic E-state index is 0.0289. The maximum atomic E-state index is 11.8. The SMILES string of the molecule is CCCC(=O)Nc1cc([N+](=O)[O-])ccc1N1CCOCC1. The minimum atomic E-state index is -0.460. The lowest BCUT2D eigenvalue weighted by Crippen LogP contribution is -2.36. The zero-order valence-electron chi connectivity index (χ0n) is 12.0. The van der Waals surface area contributed by atoms with E-state index in [9.17, 15) is 14.9 Å². The largest absolute Gasteiger partial charge is 0.378 e. The lowest BCUT2D eigenvalue weighted by molar-refractivity contribution is -0.384. The van der Waals surface area contributed by atoms with Crippen LogP contribution in [0.15, 0.2) is 18.2 Å². The van der Waals surface area contributed by atoms with Crippen molar-refractivity contribution in [2.24, 2.45) is 0 Å². The van der Waals surface area contributed by atoms with Crippen LogP contribution in [0, 0.1) is 10.1 Å². The third-order valence-electron chi connectivity index (χ3n) is 3.29. The Morgan fingerprint density at radius 2 is 2.14 bits per heavy atom. The number of carbonyl (C=O) groups excluding carboxylic acids is 1. The van der Waals surface area contributed by atoms with E-state index in [1.54, 1.807) is 6.07 Å². The number of nitro groups is 1. The van der Waals surface area contributed by atoms with Gasteiger partial charge in [0.2, 0.25) is 5.91 Å². The van der Waals surface area contributed by atoms with Crippen LogP contribution in [-0.4, -0.2) is 37.1 Å². The summed E-state index contributed by atoms with van der Waals surface area (Å²) in [5.74, 6) is -0.132. The summed E-state index contributed by atoms with van der Waals surface area (Å²) in [5, 5.41) is 13.7. The fourth-order valence-corrected chi connectivity index (χ4v) is 2.26. The number of ether oxygens (including phenoxy) is 1. The number of nitrogens with one attached hydrogen (secondary N) is 1. The van der Waals surface area contributed by atoms with E-state index in [0.717, 1.165) is 12.1 Å². The molecule has 7 heteroatoms. The molecule has 1 fully saturated rings. The van der Waals surface area contributed by atoms with Gasteiger partial charge >= 0.3 is 0 Å². The van der Waals surface area contributed by atoms with E-state index in [1.165, 1.54) is 12.1 Å². The Labute approximate surface area is 123 Å². The fourth-order valence-electron chi connectivity index (χ4n) is 2.26. The summed E-state index contributed by atoms with van der Waals surface area (Å²) in [4.78, 5) is 24.3. The highest BCUT2D eigenvalue weighted by Gasteiger charge is 2.19. The number of hydrogen-bond acceptors (Lipinski definition) is 5. The Kier molecular flexibility index (Phi) is 5.10. The van der Waals surface area contributed by atoms with Gasteiger partial charge in [0.25, 0.3) is 5.69 Å². The van der Waals surface area contributed by atoms with E-state index in [4.69, 9.17) is 4.74 Å². The van der Waals surface area contributed by atoms with E-state index in [0.29, 0.717) is 38.4 Å². The molecule has 0 aromatic heterocycles. The average molecular weight is 293 g/mol. The van der Waals surface area contributed by atoms with Crippen molar-refractivity contribution < 1.29 is 14.5 Å². The van der Waals surface area contributed by atoms with Crippen molar-refractivity contribution in [3.63, 3.8) is 0 Å². The van der Waals surface area contributed by atoms with E-state index in [1.807, 2.05) is 6.92 Å². The number of benzene rings is 1. The van der Waals surface area contributed by atoms with Crippen LogP contribution in [-0.2, 0) is 9.53 Å². The summed E-state index contributed by atoms with van der Waals surface area (Å²) in [5.41, 5.74) is 1.26. The van der Waals surface area contributed by atoms with Crippen molar-refractivity contribution in [3.8, 4) is 0 Å². The third-order valence-corrected chi connectivity index (χ3v) is 3.29. The molecular weight excluding hydrogens is 274 g/mol.